The number of rotatable bonds is 6. The Morgan fingerprint density at radius 3 is 1.23 bits per heavy atom. The van der Waals surface area contributed by atoms with E-state index >= 15 is 0 Å². The Labute approximate surface area is 165 Å². The van der Waals surface area contributed by atoms with E-state index in [1.54, 1.807) is 0 Å². The minimum Gasteiger partial charge on any atom is -0.462 e. The van der Waals surface area contributed by atoms with Gasteiger partial charge in [0.15, 0.2) is 0 Å². The van der Waals surface area contributed by atoms with Gasteiger partial charge in [0.2, 0.25) is 5.43 Å². The lowest BCUT2D eigenvalue weighted by Gasteiger charge is -2.26. The zero-order valence-corrected chi connectivity index (χ0v) is 15.2. The summed E-state index contributed by atoms with van der Waals surface area (Å²) < 4.78 is 141. The molecule has 1 aromatic heterocycles. The molecule has 0 aliphatic rings. The third-order valence-electron chi connectivity index (χ3n) is 3.50. The van der Waals surface area contributed by atoms with Gasteiger partial charge < -0.3 is 14.5 Å². The highest BCUT2D eigenvalue weighted by atomic mass is 19.4. The Bertz CT molecular complexity index is 847. The van der Waals surface area contributed by atoms with E-state index in [-0.39, 0.29) is 0 Å². The second kappa shape index (κ2) is 8.37. The van der Waals surface area contributed by atoms with Gasteiger partial charge in [-0.05, 0) is 13.8 Å². The van der Waals surface area contributed by atoms with Crippen LogP contribution in [0.5, 0.6) is 0 Å². The zero-order valence-electron chi connectivity index (χ0n) is 15.2. The summed E-state index contributed by atoms with van der Waals surface area (Å²) in [4.78, 5) is 36.5. The van der Waals surface area contributed by atoms with Crippen molar-refractivity contribution in [1.82, 2.24) is 4.98 Å². The summed E-state index contributed by atoms with van der Waals surface area (Å²) in [5.41, 5.74) is -13.1. The van der Waals surface area contributed by atoms with Crippen molar-refractivity contribution in [1.29, 1.82) is 0 Å². The summed E-state index contributed by atoms with van der Waals surface area (Å²) in [6, 6.07) is 0. The monoisotopic (exact) mass is 475 g/mol. The van der Waals surface area contributed by atoms with E-state index in [4.69, 9.17) is 0 Å². The highest BCUT2D eigenvalue weighted by molar-refractivity contribution is 5.97. The Morgan fingerprint density at radius 1 is 0.710 bits per heavy atom. The summed E-state index contributed by atoms with van der Waals surface area (Å²) in [6.45, 7) is 0.549. The number of ether oxygens (including phenoxy) is 2. The fourth-order valence-corrected chi connectivity index (χ4v) is 2.15. The first-order valence-electron chi connectivity index (χ1n) is 7.90. The lowest BCUT2D eigenvalue weighted by Crippen LogP contribution is -2.44. The molecule has 0 aliphatic carbocycles. The number of nitrogens with one attached hydrogen (secondary N) is 1. The number of hydrogen-bond donors (Lipinski definition) is 1. The molecule has 16 heteroatoms. The molecule has 1 heterocycles. The van der Waals surface area contributed by atoms with Gasteiger partial charge >= 0.3 is 36.1 Å². The molecule has 6 nitrogen and oxygen atoms in total. The molecular formula is C15H11F10NO5. The second-order valence-corrected chi connectivity index (χ2v) is 5.54. The average molecular weight is 475 g/mol. The van der Waals surface area contributed by atoms with Crippen LogP contribution < -0.4 is 5.43 Å². The van der Waals surface area contributed by atoms with Crippen molar-refractivity contribution in [3.63, 3.8) is 0 Å². The molecule has 0 atom stereocenters. The number of carbonyl (C=O) groups excluding carboxylic acids is 2. The van der Waals surface area contributed by atoms with Crippen LogP contribution in [0.25, 0.3) is 0 Å². The van der Waals surface area contributed by atoms with Gasteiger partial charge in [0.1, 0.15) is 22.5 Å². The van der Waals surface area contributed by atoms with Crippen LogP contribution in [-0.4, -0.2) is 42.5 Å². The fourth-order valence-electron chi connectivity index (χ4n) is 2.15. The molecule has 1 rings (SSSR count). The van der Waals surface area contributed by atoms with E-state index in [1.165, 1.54) is 0 Å². The normalized spacial score (nSPS) is 13.2. The predicted octanol–water partition coefficient (Wildman–Crippen LogP) is 4.04. The number of H-pyrrole nitrogens is 1. The Hall–Kier alpha value is -2.81. The number of pyridine rings is 1. The Balaban J connectivity index is 4.28. The number of carbonyl (C=O) groups is 2. The number of aromatic nitrogens is 1. The van der Waals surface area contributed by atoms with Gasteiger partial charge in [-0.25, -0.2) is 9.59 Å². The molecule has 0 aliphatic heterocycles. The highest BCUT2D eigenvalue weighted by Crippen LogP contribution is 2.47. The van der Waals surface area contributed by atoms with E-state index < -0.39 is 77.3 Å². The van der Waals surface area contributed by atoms with Crippen molar-refractivity contribution in [2.24, 2.45) is 0 Å². The third kappa shape index (κ3) is 4.61. The average Bonchev–Trinajstić information content (AvgIpc) is 2.58. The van der Waals surface area contributed by atoms with Crippen molar-refractivity contribution in [3.05, 3.63) is 32.7 Å². The maximum atomic E-state index is 13.9. The van der Waals surface area contributed by atoms with Crippen molar-refractivity contribution < 1.29 is 63.0 Å². The van der Waals surface area contributed by atoms with Gasteiger partial charge in [-0.1, -0.05) is 0 Å². The molecule has 0 saturated heterocycles. The lowest BCUT2D eigenvalue weighted by molar-refractivity contribution is -0.295. The van der Waals surface area contributed by atoms with E-state index in [0.29, 0.717) is 4.98 Å². The molecule has 1 aromatic rings. The zero-order chi connectivity index (χ0) is 24.6. The van der Waals surface area contributed by atoms with Gasteiger partial charge in [0.05, 0.1) is 13.2 Å². The van der Waals surface area contributed by atoms with Crippen molar-refractivity contribution >= 4 is 11.9 Å². The quantitative estimate of drug-likeness (QED) is 0.496. The summed E-state index contributed by atoms with van der Waals surface area (Å²) >= 11 is 0. The molecule has 0 unspecified atom stereocenters. The highest BCUT2D eigenvalue weighted by Gasteiger charge is 2.65. The third-order valence-corrected chi connectivity index (χ3v) is 3.50. The molecule has 0 fully saturated rings. The molecule has 0 saturated carbocycles. The summed E-state index contributed by atoms with van der Waals surface area (Å²) in [5.74, 6) is -17.1. The maximum Gasteiger partial charge on any atom is 0.459 e. The van der Waals surface area contributed by atoms with Crippen LogP contribution >= 0.6 is 0 Å². The van der Waals surface area contributed by atoms with Gasteiger partial charge in [-0.15, -0.1) is 0 Å². The van der Waals surface area contributed by atoms with E-state index in [2.05, 4.69) is 9.47 Å². The van der Waals surface area contributed by atoms with Gasteiger partial charge in [0, 0.05) is 0 Å². The molecule has 1 N–H and O–H groups in total. The maximum absolute atomic E-state index is 13.9. The van der Waals surface area contributed by atoms with Crippen LogP contribution in [0.1, 0.15) is 46.0 Å². The molecular weight excluding hydrogens is 464 g/mol. The second-order valence-electron chi connectivity index (χ2n) is 5.54. The smallest absolute Gasteiger partial charge is 0.459 e. The molecule has 0 amide bonds. The predicted molar refractivity (Wildman–Crippen MR) is 78.9 cm³/mol. The number of aromatic amines is 1. The summed E-state index contributed by atoms with van der Waals surface area (Å²) in [7, 11) is 0. The minimum absolute atomic E-state index is 0.453. The Kier molecular flexibility index (Phi) is 7.09. The van der Waals surface area contributed by atoms with Crippen LogP contribution in [0.2, 0.25) is 0 Å². The number of hydrogen-bond acceptors (Lipinski definition) is 5. The van der Waals surface area contributed by atoms with Crippen molar-refractivity contribution in [2.45, 2.75) is 38.0 Å². The minimum atomic E-state index is -6.66. The molecule has 0 bridgehead atoms. The van der Waals surface area contributed by atoms with Crippen molar-refractivity contribution in [2.75, 3.05) is 13.2 Å². The number of alkyl halides is 10. The topological polar surface area (TPSA) is 85.5 Å². The van der Waals surface area contributed by atoms with Crippen LogP contribution in [0.3, 0.4) is 0 Å². The molecule has 31 heavy (non-hydrogen) atoms. The van der Waals surface area contributed by atoms with E-state index in [9.17, 15) is 58.3 Å². The van der Waals surface area contributed by atoms with Gasteiger partial charge in [-0.2, -0.15) is 43.9 Å². The van der Waals surface area contributed by atoms with Gasteiger partial charge in [-0.3, -0.25) is 4.79 Å². The first-order chi connectivity index (χ1) is 13.9. The number of halogens is 10. The fraction of sp³-hybridized carbons (Fsp3) is 0.533. The van der Waals surface area contributed by atoms with E-state index in [0.717, 1.165) is 13.8 Å². The lowest BCUT2D eigenvalue weighted by atomic mass is 9.99. The first-order valence-corrected chi connectivity index (χ1v) is 7.90. The van der Waals surface area contributed by atoms with Gasteiger partial charge in [0.25, 0.3) is 0 Å². The van der Waals surface area contributed by atoms with E-state index in [1.807, 2.05) is 0 Å². The first kappa shape index (κ1) is 26.2. The van der Waals surface area contributed by atoms with Crippen molar-refractivity contribution in [3.8, 4) is 0 Å². The molecule has 0 aromatic carbocycles. The largest absolute Gasteiger partial charge is 0.462 e. The molecule has 176 valence electrons. The SMILES string of the molecule is CCOC(=O)c1c(C(F)(F)C(F)(F)F)[nH]c(C(F)(F)C(F)(F)F)c(C(=O)OCC)c1=O. The Morgan fingerprint density at radius 2 is 1.00 bits per heavy atom. The standard InChI is InChI=1S/C15H11F10NO5/c1-3-30-10(28)5-7(27)6(11(29)31-4-2)9(13(18,19)15(23,24)25)26-8(5)12(16,17)14(20,21)22/h3-4H2,1-2H3,(H,26,27). The number of esters is 2. The summed E-state index contributed by atoms with van der Waals surface area (Å²) in [6.07, 6.45) is -13.3. The molecule has 0 spiro atoms. The molecule has 0 radical (unpaired) electrons. The van der Waals surface area contributed by atoms with Crippen LogP contribution in [-0.2, 0) is 21.3 Å². The van der Waals surface area contributed by atoms with Crippen LogP contribution in [0.4, 0.5) is 43.9 Å². The van der Waals surface area contributed by atoms with Crippen LogP contribution in [0, 0.1) is 0 Å². The van der Waals surface area contributed by atoms with Crippen LogP contribution in [0.15, 0.2) is 4.79 Å². The summed E-state index contributed by atoms with van der Waals surface area (Å²) in [5, 5.41) is 0.